The average Bonchev–Trinajstić information content (AvgIpc) is 2.48. The predicted octanol–water partition coefficient (Wildman–Crippen LogP) is 5.26. The van der Waals surface area contributed by atoms with Crippen molar-refractivity contribution in [2.24, 2.45) is 0 Å². The summed E-state index contributed by atoms with van der Waals surface area (Å²) < 4.78 is 0.912. The van der Waals surface area contributed by atoms with E-state index in [9.17, 15) is 0 Å². The predicted molar refractivity (Wildman–Crippen MR) is 88.2 cm³/mol. The van der Waals surface area contributed by atoms with E-state index in [-0.39, 0.29) is 0 Å². The average molecular weight is 348 g/mol. The first-order valence-electron chi connectivity index (χ1n) is 6.25. The van der Waals surface area contributed by atoms with Crippen LogP contribution >= 0.6 is 27.5 Å². The van der Waals surface area contributed by atoms with E-state index >= 15 is 0 Å². The van der Waals surface area contributed by atoms with E-state index in [1.165, 1.54) is 0 Å². The highest BCUT2D eigenvalue weighted by molar-refractivity contribution is 9.10. The Labute approximate surface area is 130 Å². The number of nitrogens with one attached hydrogen (secondary N) is 1. The van der Waals surface area contributed by atoms with Crippen molar-refractivity contribution in [2.45, 2.75) is 6.54 Å². The minimum atomic E-state index is 0.715. The van der Waals surface area contributed by atoms with Crippen molar-refractivity contribution in [1.82, 2.24) is 4.98 Å². The van der Waals surface area contributed by atoms with Crippen LogP contribution in [-0.4, -0.2) is 4.98 Å². The summed E-state index contributed by atoms with van der Waals surface area (Å²) in [6.45, 7) is 0.715. The van der Waals surface area contributed by atoms with Gasteiger partial charge in [-0.05, 0) is 45.8 Å². The lowest BCUT2D eigenvalue weighted by Crippen LogP contribution is -1.99. The second kappa shape index (κ2) is 5.81. The van der Waals surface area contributed by atoms with E-state index in [1.807, 2.05) is 42.6 Å². The van der Waals surface area contributed by atoms with Crippen LogP contribution in [0.1, 0.15) is 5.56 Å². The number of pyridine rings is 1. The van der Waals surface area contributed by atoms with Crippen molar-refractivity contribution >= 4 is 44.1 Å². The third kappa shape index (κ3) is 2.94. The molecule has 0 aliphatic carbocycles. The lowest BCUT2D eigenvalue weighted by Gasteiger charge is -2.08. The minimum Gasteiger partial charge on any atom is -0.380 e. The van der Waals surface area contributed by atoms with Gasteiger partial charge in [-0.1, -0.05) is 35.9 Å². The zero-order valence-electron chi connectivity index (χ0n) is 10.6. The standard InChI is InChI=1S/C16H12BrClN2/c17-14-6-5-11(7-15(14)18)9-19-13-8-12-3-1-2-4-16(12)20-10-13/h1-8,10,19H,9H2. The number of aromatic nitrogens is 1. The lowest BCUT2D eigenvalue weighted by molar-refractivity contribution is 1.14. The lowest BCUT2D eigenvalue weighted by atomic mass is 10.2. The highest BCUT2D eigenvalue weighted by atomic mass is 79.9. The zero-order valence-corrected chi connectivity index (χ0v) is 12.9. The SMILES string of the molecule is Clc1cc(CNc2cnc3ccccc3c2)ccc1Br. The summed E-state index contributed by atoms with van der Waals surface area (Å²) >= 11 is 9.48. The number of anilines is 1. The number of para-hydroxylation sites is 1. The fourth-order valence-corrected chi connectivity index (χ4v) is 2.47. The molecule has 1 aromatic heterocycles. The van der Waals surface area contributed by atoms with Crippen LogP contribution in [0.5, 0.6) is 0 Å². The Hall–Kier alpha value is -1.58. The first-order valence-corrected chi connectivity index (χ1v) is 7.42. The fraction of sp³-hybridized carbons (Fsp3) is 0.0625. The second-order valence-electron chi connectivity index (χ2n) is 4.52. The van der Waals surface area contributed by atoms with E-state index in [4.69, 9.17) is 11.6 Å². The van der Waals surface area contributed by atoms with E-state index in [0.717, 1.165) is 31.6 Å². The molecular weight excluding hydrogens is 336 g/mol. The van der Waals surface area contributed by atoms with Gasteiger partial charge in [0.15, 0.2) is 0 Å². The topological polar surface area (TPSA) is 24.9 Å². The number of benzene rings is 2. The quantitative estimate of drug-likeness (QED) is 0.699. The molecule has 0 radical (unpaired) electrons. The molecule has 0 atom stereocenters. The molecule has 100 valence electrons. The minimum absolute atomic E-state index is 0.715. The third-order valence-corrected chi connectivity index (χ3v) is 4.30. The maximum absolute atomic E-state index is 6.09. The van der Waals surface area contributed by atoms with Crippen LogP contribution in [0.2, 0.25) is 5.02 Å². The summed E-state index contributed by atoms with van der Waals surface area (Å²) in [5.41, 5.74) is 3.14. The maximum atomic E-state index is 6.09. The van der Waals surface area contributed by atoms with Crippen LogP contribution < -0.4 is 5.32 Å². The summed E-state index contributed by atoms with van der Waals surface area (Å²) in [5.74, 6) is 0. The summed E-state index contributed by atoms with van der Waals surface area (Å²) in [4.78, 5) is 4.43. The van der Waals surface area contributed by atoms with Gasteiger partial charge in [0.25, 0.3) is 0 Å². The van der Waals surface area contributed by atoms with E-state index in [0.29, 0.717) is 6.54 Å². The van der Waals surface area contributed by atoms with E-state index < -0.39 is 0 Å². The van der Waals surface area contributed by atoms with Gasteiger partial charge in [-0.2, -0.15) is 0 Å². The van der Waals surface area contributed by atoms with Crippen molar-refractivity contribution in [2.75, 3.05) is 5.32 Å². The second-order valence-corrected chi connectivity index (χ2v) is 5.78. The van der Waals surface area contributed by atoms with Crippen LogP contribution in [0.15, 0.2) is 59.2 Å². The molecule has 1 heterocycles. The molecule has 0 aliphatic rings. The molecule has 0 saturated heterocycles. The zero-order chi connectivity index (χ0) is 13.9. The largest absolute Gasteiger partial charge is 0.380 e. The van der Waals surface area contributed by atoms with Crippen molar-refractivity contribution in [3.05, 3.63) is 69.8 Å². The van der Waals surface area contributed by atoms with E-state index in [1.54, 1.807) is 0 Å². The molecule has 0 amide bonds. The highest BCUT2D eigenvalue weighted by Crippen LogP contribution is 2.24. The van der Waals surface area contributed by atoms with Gasteiger partial charge in [0.1, 0.15) is 0 Å². The molecule has 3 aromatic rings. The number of hydrogen-bond donors (Lipinski definition) is 1. The summed E-state index contributed by atoms with van der Waals surface area (Å²) in [6, 6.07) is 16.1. The van der Waals surface area contributed by atoms with Gasteiger partial charge in [-0.15, -0.1) is 0 Å². The molecule has 0 unspecified atom stereocenters. The Morgan fingerprint density at radius 3 is 2.80 bits per heavy atom. The van der Waals surface area contributed by atoms with Crippen LogP contribution in [0, 0.1) is 0 Å². The molecule has 2 aromatic carbocycles. The molecule has 3 rings (SSSR count). The molecule has 0 bridgehead atoms. The molecule has 2 nitrogen and oxygen atoms in total. The smallest absolute Gasteiger partial charge is 0.0703 e. The van der Waals surface area contributed by atoms with Crippen molar-refractivity contribution in [3.8, 4) is 0 Å². The van der Waals surface area contributed by atoms with Gasteiger partial charge in [0.2, 0.25) is 0 Å². The molecule has 0 saturated carbocycles. The van der Waals surface area contributed by atoms with Gasteiger partial charge in [-0.25, -0.2) is 0 Å². The molecule has 0 aliphatic heterocycles. The van der Waals surface area contributed by atoms with Gasteiger partial charge in [0.05, 0.1) is 22.4 Å². The fourth-order valence-electron chi connectivity index (χ4n) is 2.02. The first-order chi connectivity index (χ1) is 9.72. The number of nitrogens with zero attached hydrogens (tertiary/aromatic N) is 1. The Balaban J connectivity index is 1.77. The summed E-state index contributed by atoms with van der Waals surface area (Å²) in [7, 11) is 0. The number of halogens is 2. The van der Waals surface area contributed by atoms with Crippen LogP contribution in [0.4, 0.5) is 5.69 Å². The van der Waals surface area contributed by atoms with E-state index in [2.05, 4.69) is 38.4 Å². The van der Waals surface area contributed by atoms with Crippen LogP contribution in [0.3, 0.4) is 0 Å². The first kappa shape index (κ1) is 13.4. The molecule has 20 heavy (non-hydrogen) atoms. The third-order valence-electron chi connectivity index (χ3n) is 3.07. The molecule has 0 fully saturated rings. The molecule has 4 heteroatoms. The summed E-state index contributed by atoms with van der Waals surface area (Å²) in [6.07, 6.45) is 1.85. The van der Waals surface area contributed by atoms with Crippen molar-refractivity contribution < 1.29 is 0 Å². The Kier molecular flexibility index (Phi) is 3.90. The van der Waals surface area contributed by atoms with Gasteiger partial charge in [0, 0.05) is 16.4 Å². The Bertz CT molecular complexity index is 758. The van der Waals surface area contributed by atoms with Crippen LogP contribution in [-0.2, 0) is 6.54 Å². The number of fused-ring (bicyclic) bond motifs is 1. The number of hydrogen-bond acceptors (Lipinski definition) is 2. The summed E-state index contributed by atoms with van der Waals surface area (Å²) in [5, 5.41) is 5.22. The van der Waals surface area contributed by atoms with Crippen molar-refractivity contribution in [1.29, 1.82) is 0 Å². The van der Waals surface area contributed by atoms with Gasteiger partial charge >= 0.3 is 0 Å². The number of rotatable bonds is 3. The highest BCUT2D eigenvalue weighted by Gasteiger charge is 2.00. The Morgan fingerprint density at radius 1 is 1.10 bits per heavy atom. The van der Waals surface area contributed by atoms with Crippen LogP contribution in [0.25, 0.3) is 10.9 Å². The molecular formula is C16H12BrClN2. The Morgan fingerprint density at radius 2 is 1.95 bits per heavy atom. The normalized spacial score (nSPS) is 10.7. The monoisotopic (exact) mass is 346 g/mol. The van der Waals surface area contributed by atoms with Gasteiger partial charge < -0.3 is 5.32 Å². The van der Waals surface area contributed by atoms with Crippen molar-refractivity contribution in [3.63, 3.8) is 0 Å². The maximum Gasteiger partial charge on any atom is 0.0703 e. The molecule has 1 N–H and O–H groups in total. The van der Waals surface area contributed by atoms with Gasteiger partial charge in [-0.3, -0.25) is 4.98 Å². The molecule has 0 spiro atoms.